The molecule has 1 aromatic carbocycles. The van der Waals surface area contributed by atoms with E-state index in [2.05, 4.69) is 4.98 Å². The highest BCUT2D eigenvalue weighted by atomic mass is 16.5. The maximum absolute atomic E-state index is 11.8. The van der Waals surface area contributed by atoms with E-state index in [1.165, 1.54) is 19.2 Å². The first-order valence-electron chi connectivity index (χ1n) is 5.95. The van der Waals surface area contributed by atoms with Crippen molar-refractivity contribution in [3.8, 4) is 6.07 Å². The lowest BCUT2D eigenvalue weighted by Gasteiger charge is -2.03. The summed E-state index contributed by atoms with van der Waals surface area (Å²) in [4.78, 5) is 25.6. The third-order valence-electron chi connectivity index (χ3n) is 2.76. The third kappa shape index (κ3) is 3.12. The first-order valence-corrected chi connectivity index (χ1v) is 5.95. The van der Waals surface area contributed by atoms with Crippen LogP contribution in [0.25, 0.3) is 0 Å². The van der Waals surface area contributed by atoms with E-state index in [1.807, 2.05) is 6.07 Å². The molecule has 0 amide bonds. The van der Waals surface area contributed by atoms with Crippen LogP contribution in [0.3, 0.4) is 0 Å². The summed E-state index contributed by atoms with van der Waals surface area (Å²) in [5.41, 5.74) is 2.02. The number of aromatic amines is 1. The molecule has 100 valence electrons. The molecule has 1 aromatic heterocycles. The Morgan fingerprint density at radius 2 is 2.00 bits per heavy atom. The molecule has 0 radical (unpaired) electrons. The number of carbonyl (C=O) groups is 2. The molecule has 0 aliphatic rings. The lowest BCUT2D eigenvalue weighted by Crippen LogP contribution is -2.05. The third-order valence-corrected chi connectivity index (χ3v) is 2.76. The number of esters is 1. The Kier molecular flexibility index (Phi) is 3.96. The molecule has 0 saturated heterocycles. The highest BCUT2D eigenvalue weighted by Crippen LogP contribution is 2.09. The Hall–Kier alpha value is -2.87. The molecular weight excluding hydrogens is 256 g/mol. The Bertz CT molecular complexity index is 678. The Labute approximate surface area is 115 Å². The molecule has 5 heteroatoms. The number of nitrogens with one attached hydrogen (secondary N) is 1. The van der Waals surface area contributed by atoms with Crippen molar-refractivity contribution < 1.29 is 14.3 Å². The van der Waals surface area contributed by atoms with Crippen LogP contribution in [-0.4, -0.2) is 16.7 Å². The SMILES string of the molecule is CC(=O)c1c[nH]c(C(=O)OCc2ccc(C#N)cc2)c1. The predicted octanol–water partition coefficient (Wildman–Crippen LogP) is 2.45. The molecule has 0 fully saturated rings. The highest BCUT2D eigenvalue weighted by Gasteiger charge is 2.12. The lowest BCUT2D eigenvalue weighted by atomic mass is 10.2. The largest absolute Gasteiger partial charge is 0.456 e. The molecule has 20 heavy (non-hydrogen) atoms. The van der Waals surface area contributed by atoms with Gasteiger partial charge in [-0.15, -0.1) is 0 Å². The van der Waals surface area contributed by atoms with Crippen molar-refractivity contribution in [2.24, 2.45) is 0 Å². The summed E-state index contributed by atoms with van der Waals surface area (Å²) in [5.74, 6) is -0.644. The number of nitriles is 1. The molecule has 2 aromatic rings. The number of Topliss-reactive ketones (excluding diaryl/α,β-unsaturated/α-hetero) is 1. The van der Waals surface area contributed by atoms with E-state index in [0.29, 0.717) is 11.1 Å². The van der Waals surface area contributed by atoms with Crippen molar-refractivity contribution in [1.82, 2.24) is 4.98 Å². The van der Waals surface area contributed by atoms with Gasteiger partial charge in [-0.1, -0.05) is 12.1 Å². The average molecular weight is 268 g/mol. The summed E-state index contributed by atoms with van der Waals surface area (Å²) in [6.07, 6.45) is 1.47. The van der Waals surface area contributed by atoms with Crippen LogP contribution in [0.2, 0.25) is 0 Å². The molecule has 0 unspecified atom stereocenters. The van der Waals surface area contributed by atoms with E-state index in [-0.39, 0.29) is 18.1 Å². The van der Waals surface area contributed by atoms with Gasteiger partial charge in [0.1, 0.15) is 12.3 Å². The zero-order valence-electron chi connectivity index (χ0n) is 10.8. The van der Waals surface area contributed by atoms with Crippen molar-refractivity contribution in [3.05, 3.63) is 58.9 Å². The van der Waals surface area contributed by atoms with Crippen LogP contribution in [0.1, 0.15) is 38.9 Å². The average Bonchev–Trinajstić information content (AvgIpc) is 2.95. The van der Waals surface area contributed by atoms with Gasteiger partial charge >= 0.3 is 5.97 Å². The number of ketones is 1. The van der Waals surface area contributed by atoms with Crippen molar-refractivity contribution in [2.45, 2.75) is 13.5 Å². The smallest absolute Gasteiger partial charge is 0.355 e. The number of ether oxygens (including phenoxy) is 1. The molecule has 2 rings (SSSR count). The van der Waals surface area contributed by atoms with E-state index in [1.54, 1.807) is 24.3 Å². The topological polar surface area (TPSA) is 82.9 Å². The molecular formula is C15H12N2O3. The summed E-state index contributed by atoms with van der Waals surface area (Å²) in [6.45, 7) is 1.54. The van der Waals surface area contributed by atoms with Crippen LogP contribution in [-0.2, 0) is 11.3 Å². The van der Waals surface area contributed by atoms with Crippen molar-refractivity contribution in [2.75, 3.05) is 0 Å². The van der Waals surface area contributed by atoms with Gasteiger partial charge in [0.2, 0.25) is 0 Å². The van der Waals surface area contributed by atoms with Gasteiger partial charge in [0, 0.05) is 11.8 Å². The molecule has 0 atom stereocenters. The molecule has 0 saturated carbocycles. The van der Waals surface area contributed by atoms with Gasteiger partial charge in [-0.05, 0) is 30.7 Å². The summed E-state index contributed by atoms with van der Waals surface area (Å²) >= 11 is 0. The van der Waals surface area contributed by atoms with Gasteiger partial charge in [-0.25, -0.2) is 4.79 Å². The minimum absolute atomic E-state index is 0.110. The Morgan fingerprint density at radius 3 is 2.55 bits per heavy atom. The summed E-state index contributed by atoms with van der Waals surface area (Å²) in [5, 5.41) is 8.68. The number of H-pyrrole nitrogens is 1. The fourth-order valence-electron chi connectivity index (χ4n) is 1.62. The predicted molar refractivity (Wildman–Crippen MR) is 71.1 cm³/mol. The number of rotatable bonds is 4. The second kappa shape index (κ2) is 5.85. The molecule has 0 bridgehead atoms. The first kappa shape index (κ1) is 13.6. The van der Waals surface area contributed by atoms with Gasteiger partial charge < -0.3 is 9.72 Å². The molecule has 0 spiro atoms. The van der Waals surface area contributed by atoms with Crippen LogP contribution in [0.15, 0.2) is 36.5 Å². The van der Waals surface area contributed by atoms with E-state index in [4.69, 9.17) is 10.00 Å². The van der Waals surface area contributed by atoms with E-state index in [9.17, 15) is 9.59 Å². The van der Waals surface area contributed by atoms with E-state index >= 15 is 0 Å². The van der Waals surface area contributed by atoms with Gasteiger partial charge in [0.05, 0.1) is 11.6 Å². The monoisotopic (exact) mass is 268 g/mol. The first-order chi connectivity index (χ1) is 9.60. The standard InChI is InChI=1S/C15H12N2O3/c1-10(18)13-6-14(17-8-13)15(19)20-9-12-4-2-11(7-16)3-5-12/h2-6,8,17H,9H2,1H3. The highest BCUT2D eigenvalue weighted by molar-refractivity contribution is 5.97. The van der Waals surface area contributed by atoms with Crippen molar-refractivity contribution >= 4 is 11.8 Å². The minimum Gasteiger partial charge on any atom is -0.456 e. The zero-order chi connectivity index (χ0) is 14.5. The molecule has 0 aliphatic heterocycles. The van der Waals surface area contributed by atoms with Gasteiger partial charge in [0.15, 0.2) is 5.78 Å². The second-order valence-corrected chi connectivity index (χ2v) is 4.24. The summed E-state index contributed by atoms with van der Waals surface area (Å²) in [7, 11) is 0. The fraction of sp³-hybridized carbons (Fsp3) is 0.133. The van der Waals surface area contributed by atoms with Crippen LogP contribution in [0.4, 0.5) is 0 Å². The number of hydrogen-bond donors (Lipinski definition) is 1. The maximum atomic E-state index is 11.8. The maximum Gasteiger partial charge on any atom is 0.355 e. The molecule has 1 heterocycles. The van der Waals surface area contributed by atoms with E-state index < -0.39 is 5.97 Å². The van der Waals surface area contributed by atoms with E-state index in [0.717, 1.165) is 5.56 Å². The number of hydrogen-bond acceptors (Lipinski definition) is 4. The Morgan fingerprint density at radius 1 is 1.30 bits per heavy atom. The number of benzene rings is 1. The normalized spacial score (nSPS) is 9.80. The van der Waals surface area contributed by atoms with Crippen LogP contribution >= 0.6 is 0 Å². The van der Waals surface area contributed by atoms with Gasteiger partial charge in [0.25, 0.3) is 0 Å². The quantitative estimate of drug-likeness (QED) is 0.682. The summed E-state index contributed by atoms with van der Waals surface area (Å²) in [6, 6.07) is 10.2. The molecule has 5 nitrogen and oxygen atoms in total. The van der Waals surface area contributed by atoms with Crippen LogP contribution < -0.4 is 0 Å². The number of aromatic nitrogens is 1. The lowest BCUT2D eigenvalue weighted by molar-refractivity contribution is 0.0466. The minimum atomic E-state index is -0.526. The van der Waals surface area contributed by atoms with Crippen molar-refractivity contribution in [3.63, 3.8) is 0 Å². The number of carbonyl (C=O) groups excluding carboxylic acids is 2. The van der Waals surface area contributed by atoms with Crippen LogP contribution in [0.5, 0.6) is 0 Å². The van der Waals surface area contributed by atoms with Crippen molar-refractivity contribution in [1.29, 1.82) is 5.26 Å². The summed E-state index contributed by atoms with van der Waals surface area (Å²) < 4.78 is 5.12. The Balaban J connectivity index is 1.97. The second-order valence-electron chi connectivity index (χ2n) is 4.24. The van der Waals surface area contributed by atoms with Gasteiger partial charge in [-0.3, -0.25) is 4.79 Å². The molecule has 0 aliphatic carbocycles. The van der Waals surface area contributed by atoms with Crippen LogP contribution in [0, 0.1) is 11.3 Å². The van der Waals surface area contributed by atoms with Gasteiger partial charge in [-0.2, -0.15) is 5.26 Å². The zero-order valence-corrected chi connectivity index (χ0v) is 10.8. The fourth-order valence-corrected chi connectivity index (χ4v) is 1.62. The molecule has 1 N–H and O–H groups in total. The number of nitrogens with zero attached hydrogens (tertiary/aromatic N) is 1.